The van der Waals surface area contributed by atoms with E-state index in [1.54, 1.807) is 0 Å². The summed E-state index contributed by atoms with van der Waals surface area (Å²) < 4.78 is 0. The summed E-state index contributed by atoms with van der Waals surface area (Å²) in [5.74, 6) is 0. The Labute approximate surface area is 73.6 Å². The third-order valence-electron chi connectivity index (χ3n) is 1.80. The fourth-order valence-electron chi connectivity index (χ4n) is 1.22. The molecule has 0 saturated heterocycles. The molecule has 0 aliphatic rings. The van der Waals surface area contributed by atoms with Crippen molar-refractivity contribution in [3.05, 3.63) is 47.4 Å². The summed E-state index contributed by atoms with van der Waals surface area (Å²) in [5, 5.41) is 2.55. The minimum Gasteiger partial charge on any atom is -0.0990 e. The average molecular weight is 158 g/mol. The first-order valence-electron chi connectivity index (χ1n) is 4.11. The highest BCUT2D eigenvalue weighted by atomic mass is 13.9. The second-order valence-electron chi connectivity index (χ2n) is 2.99. The second kappa shape index (κ2) is 3.91. The lowest BCUT2D eigenvalue weighted by atomic mass is 10.1. The molecule has 0 fully saturated rings. The summed E-state index contributed by atoms with van der Waals surface area (Å²) in [6.45, 7) is 7.93. The van der Waals surface area contributed by atoms with Crippen molar-refractivity contribution in [2.24, 2.45) is 0 Å². The first-order chi connectivity index (χ1) is 5.75. The van der Waals surface area contributed by atoms with Gasteiger partial charge in [-0.3, -0.25) is 0 Å². The maximum atomic E-state index is 3.69. The van der Waals surface area contributed by atoms with E-state index >= 15 is 0 Å². The van der Waals surface area contributed by atoms with Crippen LogP contribution in [0.4, 0.5) is 0 Å². The zero-order chi connectivity index (χ0) is 8.97. The SMILES string of the molecule is C=CC=c1ccccc1=C(C)C. The topological polar surface area (TPSA) is 0 Å². The van der Waals surface area contributed by atoms with Crippen LogP contribution in [-0.2, 0) is 0 Å². The number of hydrogen-bond acceptors (Lipinski definition) is 0. The van der Waals surface area contributed by atoms with Gasteiger partial charge in [0.25, 0.3) is 0 Å². The van der Waals surface area contributed by atoms with Crippen molar-refractivity contribution < 1.29 is 0 Å². The van der Waals surface area contributed by atoms with Gasteiger partial charge in [-0.1, -0.05) is 48.6 Å². The molecular formula is C12H14. The summed E-state index contributed by atoms with van der Waals surface area (Å²) in [6.07, 6.45) is 3.85. The van der Waals surface area contributed by atoms with Gasteiger partial charge in [-0.15, -0.1) is 0 Å². The average Bonchev–Trinajstić information content (AvgIpc) is 2.05. The van der Waals surface area contributed by atoms with Crippen molar-refractivity contribution in [1.82, 2.24) is 0 Å². The number of allylic oxidation sites excluding steroid dienone is 1. The van der Waals surface area contributed by atoms with Crippen LogP contribution in [0.1, 0.15) is 13.8 Å². The third kappa shape index (κ3) is 1.85. The van der Waals surface area contributed by atoms with Crippen LogP contribution in [0.2, 0.25) is 0 Å². The second-order valence-corrected chi connectivity index (χ2v) is 2.99. The fourth-order valence-corrected chi connectivity index (χ4v) is 1.22. The van der Waals surface area contributed by atoms with E-state index < -0.39 is 0 Å². The molecule has 12 heavy (non-hydrogen) atoms. The molecule has 0 spiro atoms. The molecule has 0 N–H and O–H groups in total. The Bertz CT molecular complexity index is 379. The van der Waals surface area contributed by atoms with E-state index in [0.29, 0.717) is 0 Å². The van der Waals surface area contributed by atoms with Crippen molar-refractivity contribution in [1.29, 1.82) is 0 Å². The molecule has 1 aromatic rings. The predicted molar refractivity (Wildman–Crippen MR) is 55.1 cm³/mol. The van der Waals surface area contributed by atoms with Crippen molar-refractivity contribution >= 4 is 11.6 Å². The Morgan fingerprint density at radius 3 is 2.50 bits per heavy atom. The van der Waals surface area contributed by atoms with Crippen molar-refractivity contribution in [3.63, 3.8) is 0 Å². The summed E-state index contributed by atoms with van der Waals surface area (Å²) in [5.41, 5.74) is 1.34. The van der Waals surface area contributed by atoms with Gasteiger partial charge in [-0.25, -0.2) is 0 Å². The van der Waals surface area contributed by atoms with E-state index in [9.17, 15) is 0 Å². The van der Waals surface area contributed by atoms with Gasteiger partial charge in [0, 0.05) is 0 Å². The molecule has 0 aliphatic carbocycles. The molecule has 0 saturated carbocycles. The van der Waals surface area contributed by atoms with Gasteiger partial charge in [-0.05, 0) is 24.3 Å². The minimum atomic E-state index is 1.24. The smallest absolute Gasteiger partial charge is 0.0185 e. The molecule has 0 nitrogen and oxygen atoms in total. The lowest BCUT2D eigenvalue weighted by Crippen LogP contribution is -2.24. The normalized spacial score (nSPS) is 11.3. The molecule has 0 aliphatic heterocycles. The van der Waals surface area contributed by atoms with Crippen LogP contribution in [-0.4, -0.2) is 0 Å². The highest BCUT2D eigenvalue weighted by Crippen LogP contribution is 1.83. The number of rotatable bonds is 1. The Morgan fingerprint density at radius 2 is 1.92 bits per heavy atom. The minimum absolute atomic E-state index is 1.24. The molecular weight excluding hydrogens is 144 g/mol. The molecule has 0 aromatic heterocycles. The van der Waals surface area contributed by atoms with Crippen LogP contribution in [0.15, 0.2) is 36.9 Å². The van der Waals surface area contributed by atoms with E-state index in [1.807, 2.05) is 18.2 Å². The van der Waals surface area contributed by atoms with Crippen molar-refractivity contribution in [2.45, 2.75) is 13.8 Å². The Balaban J connectivity index is 3.60. The zero-order valence-electron chi connectivity index (χ0n) is 7.67. The summed E-state index contributed by atoms with van der Waals surface area (Å²) in [7, 11) is 0. The first-order valence-corrected chi connectivity index (χ1v) is 4.11. The van der Waals surface area contributed by atoms with Gasteiger partial charge in [0.05, 0.1) is 0 Å². The molecule has 62 valence electrons. The molecule has 1 aromatic carbocycles. The van der Waals surface area contributed by atoms with Crippen LogP contribution in [0.25, 0.3) is 11.6 Å². The summed E-state index contributed by atoms with van der Waals surface area (Å²) in [6, 6.07) is 8.33. The zero-order valence-corrected chi connectivity index (χ0v) is 7.67. The van der Waals surface area contributed by atoms with Crippen LogP contribution < -0.4 is 10.4 Å². The largest absolute Gasteiger partial charge is 0.0990 e. The van der Waals surface area contributed by atoms with Crippen molar-refractivity contribution in [3.8, 4) is 0 Å². The van der Waals surface area contributed by atoms with Crippen LogP contribution in [0, 0.1) is 0 Å². The Kier molecular flexibility index (Phi) is 2.87. The highest BCUT2D eigenvalue weighted by molar-refractivity contribution is 5.44. The van der Waals surface area contributed by atoms with Crippen LogP contribution in [0.5, 0.6) is 0 Å². The molecule has 0 radical (unpaired) electrons. The summed E-state index contributed by atoms with van der Waals surface area (Å²) >= 11 is 0. The number of hydrogen-bond donors (Lipinski definition) is 0. The van der Waals surface area contributed by atoms with Gasteiger partial charge in [-0.2, -0.15) is 0 Å². The van der Waals surface area contributed by atoms with E-state index in [2.05, 4.69) is 38.6 Å². The molecule has 0 heteroatoms. The van der Waals surface area contributed by atoms with E-state index in [4.69, 9.17) is 0 Å². The first kappa shape index (κ1) is 8.79. The van der Waals surface area contributed by atoms with Gasteiger partial charge < -0.3 is 0 Å². The molecule has 0 amide bonds. The lowest BCUT2D eigenvalue weighted by Gasteiger charge is -1.91. The van der Waals surface area contributed by atoms with Gasteiger partial charge in [0.2, 0.25) is 0 Å². The highest BCUT2D eigenvalue weighted by Gasteiger charge is 1.84. The lowest BCUT2D eigenvalue weighted by molar-refractivity contribution is 1.44. The molecule has 1 rings (SSSR count). The van der Waals surface area contributed by atoms with E-state index in [-0.39, 0.29) is 0 Å². The van der Waals surface area contributed by atoms with E-state index in [0.717, 1.165) is 0 Å². The standard InChI is InChI=1S/C12H14/c1-4-7-11-8-5-6-9-12(11)10(2)3/h4-9H,1H2,2-3H3. The molecule has 0 bridgehead atoms. The monoisotopic (exact) mass is 158 g/mol. The Morgan fingerprint density at radius 1 is 1.25 bits per heavy atom. The Hall–Kier alpha value is -1.30. The maximum absolute atomic E-state index is 3.69. The van der Waals surface area contributed by atoms with Crippen molar-refractivity contribution in [2.75, 3.05) is 0 Å². The van der Waals surface area contributed by atoms with E-state index in [1.165, 1.54) is 16.0 Å². The quantitative estimate of drug-likeness (QED) is 0.585. The maximum Gasteiger partial charge on any atom is -0.0185 e. The predicted octanol–water partition coefficient (Wildman–Crippen LogP) is 1.84. The van der Waals surface area contributed by atoms with Gasteiger partial charge >= 0.3 is 0 Å². The van der Waals surface area contributed by atoms with Crippen LogP contribution in [0.3, 0.4) is 0 Å². The number of benzene rings is 1. The molecule has 0 atom stereocenters. The fraction of sp³-hybridized carbons (Fsp3) is 0.167. The van der Waals surface area contributed by atoms with Gasteiger partial charge in [0.1, 0.15) is 0 Å². The van der Waals surface area contributed by atoms with Gasteiger partial charge in [0.15, 0.2) is 0 Å². The molecule has 0 heterocycles. The summed E-state index contributed by atoms with van der Waals surface area (Å²) in [4.78, 5) is 0. The third-order valence-corrected chi connectivity index (χ3v) is 1.80. The molecule has 0 unspecified atom stereocenters. The van der Waals surface area contributed by atoms with Crippen LogP contribution >= 0.6 is 0 Å².